The molecular weight excluding hydrogens is 592 g/mol. The van der Waals surface area contributed by atoms with E-state index in [1.807, 2.05) is 60.7 Å². The molecule has 0 atom stereocenters. The highest BCUT2D eigenvalue weighted by Crippen LogP contribution is 2.53. The van der Waals surface area contributed by atoms with Crippen molar-refractivity contribution in [3.8, 4) is 28.7 Å². The molecule has 0 saturated heterocycles. The molecule has 0 spiro atoms. The monoisotopic (exact) mass is 624 g/mol. The van der Waals surface area contributed by atoms with E-state index in [-0.39, 0.29) is 5.41 Å². The maximum absolute atomic E-state index is 6.78. The lowest BCUT2D eigenvalue weighted by Gasteiger charge is -2.36. The lowest BCUT2D eigenvalue weighted by Crippen LogP contribution is -2.27. The second-order valence-electron chi connectivity index (χ2n) is 12.7. The van der Waals surface area contributed by atoms with Gasteiger partial charge in [0.15, 0.2) is 5.75 Å². The lowest BCUT2D eigenvalue weighted by atomic mass is 9.78. The highest BCUT2D eigenvalue weighted by Gasteiger charge is 2.38. The number of aromatic nitrogens is 5. The Morgan fingerprint density at radius 1 is 0.667 bits per heavy atom. The third kappa shape index (κ3) is 4.24. The van der Waals surface area contributed by atoms with Crippen molar-refractivity contribution in [2.24, 2.45) is 7.05 Å². The molecule has 0 bridgehead atoms. The molecule has 0 amide bonds. The summed E-state index contributed by atoms with van der Waals surface area (Å²) in [7, 11) is 2.02. The van der Waals surface area contributed by atoms with Crippen LogP contribution in [-0.2, 0) is 12.5 Å². The van der Waals surface area contributed by atoms with Crippen molar-refractivity contribution in [1.82, 2.24) is 24.1 Å². The third-order valence-corrected chi connectivity index (χ3v) is 9.47. The summed E-state index contributed by atoms with van der Waals surface area (Å²) in [5.74, 6) is 3.35. The Hall–Kier alpha value is -6.21. The number of pyridine rings is 2. The van der Waals surface area contributed by atoms with E-state index in [4.69, 9.17) is 14.7 Å². The number of benzene rings is 4. The third-order valence-electron chi connectivity index (χ3n) is 9.47. The van der Waals surface area contributed by atoms with Gasteiger partial charge in [-0.2, -0.15) is 0 Å². The Labute approximate surface area is 278 Å². The molecule has 48 heavy (non-hydrogen) atoms. The number of anilines is 3. The van der Waals surface area contributed by atoms with Crippen molar-refractivity contribution < 1.29 is 4.74 Å². The van der Waals surface area contributed by atoms with Gasteiger partial charge in [-0.3, -0.25) is 9.55 Å². The number of aryl methyl sites for hydroxylation is 1. The first-order chi connectivity index (χ1) is 23.5. The van der Waals surface area contributed by atoms with Crippen molar-refractivity contribution in [3.05, 3.63) is 151 Å². The summed E-state index contributed by atoms with van der Waals surface area (Å²) in [6.45, 7) is 4.43. The molecule has 0 saturated carbocycles. The summed E-state index contributed by atoms with van der Waals surface area (Å²) in [4.78, 5) is 16.6. The fraction of sp³-hybridized carbons (Fsp3) is 0.0976. The summed E-state index contributed by atoms with van der Waals surface area (Å²) in [5, 5.41) is 2.33. The Balaban J connectivity index is 1.32. The molecule has 7 nitrogen and oxygen atoms in total. The molecule has 232 valence electrons. The van der Waals surface area contributed by atoms with Gasteiger partial charge in [0.25, 0.3) is 0 Å². The molecule has 0 N–H and O–H groups in total. The number of hydrogen-bond donors (Lipinski definition) is 0. The Kier molecular flexibility index (Phi) is 6.24. The van der Waals surface area contributed by atoms with Crippen molar-refractivity contribution in [2.45, 2.75) is 19.3 Å². The topological polar surface area (TPSA) is 61.0 Å². The summed E-state index contributed by atoms with van der Waals surface area (Å²) >= 11 is 0. The van der Waals surface area contributed by atoms with Crippen LogP contribution in [0.25, 0.3) is 39.0 Å². The summed E-state index contributed by atoms with van der Waals surface area (Å²) < 4.78 is 11.1. The molecule has 0 radical (unpaired) electrons. The molecule has 1 aliphatic rings. The standard InChI is InChI=1S/C41H32N6O/c1-41(2)32-14-5-7-16-36(32)48-38-34(20-22-43-39(38)41)46(28-12-10-11-27(25-28)40-44-23-24-45(40)3)29-18-19-31-30-13-4-6-15-33(30)47(35(31)26-29)37-17-8-9-21-42-37/h4-26H,1-3H3. The van der Waals surface area contributed by atoms with Gasteiger partial charge in [-0.1, -0.05) is 60.7 Å². The second kappa shape index (κ2) is 10.7. The van der Waals surface area contributed by atoms with E-state index in [1.54, 1.807) is 0 Å². The summed E-state index contributed by atoms with van der Waals surface area (Å²) in [5.41, 5.74) is 7.69. The van der Waals surface area contributed by atoms with Crippen molar-refractivity contribution in [1.29, 1.82) is 0 Å². The van der Waals surface area contributed by atoms with Gasteiger partial charge in [0.05, 0.1) is 22.4 Å². The van der Waals surface area contributed by atoms with Crippen molar-refractivity contribution in [2.75, 3.05) is 4.90 Å². The molecule has 0 fully saturated rings. The van der Waals surface area contributed by atoms with Crippen LogP contribution < -0.4 is 9.64 Å². The molecule has 0 aliphatic carbocycles. The zero-order chi connectivity index (χ0) is 32.4. The maximum atomic E-state index is 6.78. The molecule has 1 aliphatic heterocycles. The molecule has 7 heteroatoms. The van der Waals surface area contributed by atoms with Gasteiger partial charge < -0.3 is 14.2 Å². The maximum Gasteiger partial charge on any atom is 0.173 e. The Morgan fingerprint density at radius 3 is 2.33 bits per heavy atom. The first kappa shape index (κ1) is 28.0. The molecule has 9 rings (SSSR count). The molecule has 5 heterocycles. The van der Waals surface area contributed by atoms with Crippen LogP contribution in [0.2, 0.25) is 0 Å². The number of para-hydroxylation sites is 2. The van der Waals surface area contributed by atoms with Crippen LogP contribution in [0.1, 0.15) is 25.1 Å². The highest BCUT2D eigenvalue weighted by molar-refractivity contribution is 6.10. The second-order valence-corrected chi connectivity index (χ2v) is 12.7. The normalized spacial score (nSPS) is 13.2. The first-order valence-corrected chi connectivity index (χ1v) is 16.1. The zero-order valence-corrected chi connectivity index (χ0v) is 26.9. The SMILES string of the molecule is Cn1ccnc1-c1cccc(N(c2ccc3c4ccccc4n(-c4ccccn4)c3c2)c2ccnc3c2Oc2ccccc2C3(C)C)c1. The fourth-order valence-corrected chi connectivity index (χ4v) is 7.16. The molecular formula is C41H32N6O. The van der Waals surface area contributed by atoms with E-state index in [1.165, 1.54) is 5.39 Å². The predicted molar refractivity (Wildman–Crippen MR) is 192 cm³/mol. The van der Waals surface area contributed by atoms with Crippen LogP contribution in [0.15, 0.2) is 140 Å². The summed E-state index contributed by atoms with van der Waals surface area (Å²) in [6, 6.07) is 40.0. The van der Waals surface area contributed by atoms with Crippen LogP contribution in [0.5, 0.6) is 11.5 Å². The molecule has 8 aromatic rings. The smallest absolute Gasteiger partial charge is 0.173 e. The minimum atomic E-state index is -0.365. The van der Waals surface area contributed by atoms with Crippen LogP contribution >= 0.6 is 0 Å². The predicted octanol–water partition coefficient (Wildman–Crippen LogP) is 9.88. The van der Waals surface area contributed by atoms with Gasteiger partial charge in [0, 0.05) is 70.5 Å². The van der Waals surface area contributed by atoms with Gasteiger partial charge in [-0.25, -0.2) is 9.97 Å². The van der Waals surface area contributed by atoms with Gasteiger partial charge in [-0.05, 0) is 68.4 Å². The Bertz CT molecular complexity index is 2490. The van der Waals surface area contributed by atoms with E-state index in [9.17, 15) is 0 Å². The molecule has 4 aromatic carbocycles. The largest absolute Gasteiger partial charge is 0.453 e. The van der Waals surface area contributed by atoms with E-state index in [2.05, 4.69) is 119 Å². The molecule has 4 aromatic heterocycles. The number of ether oxygens (including phenoxy) is 1. The minimum Gasteiger partial charge on any atom is -0.453 e. The van der Waals surface area contributed by atoms with E-state index in [0.29, 0.717) is 0 Å². The first-order valence-electron chi connectivity index (χ1n) is 16.1. The highest BCUT2D eigenvalue weighted by atomic mass is 16.5. The van der Waals surface area contributed by atoms with Gasteiger partial charge in [-0.15, -0.1) is 0 Å². The van der Waals surface area contributed by atoms with E-state index in [0.717, 1.165) is 73.4 Å². The number of rotatable bonds is 5. The quantitative estimate of drug-likeness (QED) is 0.191. The van der Waals surface area contributed by atoms with Crippen molar-refractivity contribution >= 4 is 38.9 Å². The van der Waals surface area contributed by atoms with E-state index < -0.39 is 0 Å². The van der Waals surface area contributed by atoms with Crippen LogP contribution in [-0.4, -0.2) is 24.1 Å². The average Bonchev–Trinajstić information content (AvgIpc) is 3.70. The molecule has 0 unspecified atom stereocenters. The van der Waals surface area contributed by atoms with Crippen LogP contribution in [0.3, 0.4) is 0 Å². The average molecular weight is 625 g/mol. The lowest BCUT2D eigenvalue weighted by molar-refractivity contribution is 0.410. The summed E-state index contributed by atoms with van der Waals surface area (Å²) in [6.07, 6.45) is 7.54. The zero-order valence-electron chi connectivity index (χ0n) is 26.9. The Morgan fingerprint density at radius 2 is 1.48 bits per heavy atom. The number of nitrogens with zero attached hydrogens (tertiary/aromatic N) is 6. The van der Waals surface area contributed by atoms with Gasteiger partial charge in [0.2, 0.25) is 0 Å². The number of fused-ring (bicyclic) bond motifs is 5. The van der Waals surface area contributed by atoms with Gasteiger partial charge >= 0.3 is 0 Å². The number of imidazole rings is 1. The fourth-order valence-electron chi connectivity index (χ4n) is 7.16. The van der Waals surface area contributed by atoms with Crippen LogP contribution in [0, 0.1) is 0 Å². The van der Waals surface area contributed by atoms with Gasteiger partial charge in [0.1, 0.15) is 17.4 Å². The van der Waals surface area contributed by atoms with E-state index >= 15 is 0 Å². The minimum absolute atomic E-state index is 0.365. The number of hydrogen-bond acceptors (Lipinski definition) is 5. The van der Waals surface area contributed by atoms with Crippen LogP contribution in [0.4, 0.5) is 17.1 Å². The van der Waals surface area contributed by atoms with Crippen molar-refractivity contribution in [3.63, 3.8) is 0 Å².